The number of halogens is 1. The van der Waals surface area contributed by atoms with E-state index in [0.717, 1.165) is 27.6 Å². The molecule has 35 heavy (non-hydrogen) atoms. The molecule has 0 saturated heterocycles. The van der Waals surface area contributed by atoms with Crippen LogP contribution >= 0.6 is 34.7 Å². The minimum absolute atomic E-state index is 0.0975. The smallest absolute Gasteiger partial charge is 0.266 e. The second-order valence-electron chi connectivity index (χ2n) is 8.38. The third-order valence-electron chi connectivity index (χ3n) is 6.05. The molecule has 5 aromatic rings. The summed E-state index contributed by atoms with van der Waals surface area (Å²) in [5, 5.41) is 2.73. The Balaban J connectivity index is 1.52. The molecule has 2 aromatic heterocycles. The van der Waals surface area contributed by atoms with E-state index in [4.69, 9.17) is 16.6 Å². The van der Waals surface area contributed by atoms with Crippen LogP contribution in [0.5, 0.6) is 0 Å². The molecule has 5 rings (SSSR count). The van der Waals surface area contributed by atoms with Crippen LogP contribution < -0.4 is 5.56 Å². The van der Waals surface area contributed by atoms with Gasteiger partial charge in [-0.2, -0.15) is 0 Å². The van der Waals surface area contributed by atoms with Crippen LogP contribution in [0.3, 0.4) is 0 Å². The summed E-state index contributed by atoms with van der Waals surface area (Å²) in [4.78, 5) is 24.2. The standard InChI is InChI=1S/C28H24ClN3OS2/c1-3-18(2)19-9-12-22(13-10-19)32-27(33)24-14-11-21(29)15-25(24)31-28(32)34-17-23-16-30-26(35-23)20-7-5-4-6-8-20/h4-16,18H,3,17H2,1-2H3. The highest BCUT2D eigenvalue weighted by molar-refractivity contribution is 7.98. The Kier molecular flexibility index (Phi) is 7.04. The average Bonchev–Trinajstić information content (AvgIpc) is 3.37. The molecular weight excluding hydrogens is 494 g/mol. The molecule has 2 heterocycles. The molecule has 4 nitrogen and oxygen atoms in total. The van der Waals surface area contributed by atoms with Crippen molar-refractivity contribution in [3.63, 3.8) is 0 Å². The second kappa shape index (κ2) is 10.4. The summed E-state index contributed by atoms with van der Waals surface area (Å²) in [6, 6.07) is 23.6. The molecule has 0 spiro atoms. The van der Waals surface area contributed by atoms with E-state index in [0.29, 0.717) is 32.8 Å². The van der Waals surface area contributed by atoms with Gasteiger partial charge in [-0.3, -0.25) is 9.36 Å². The lowest BCUT2D eigenvalue weighted by Gasteiger charge is -2.15. The van der Waals surface area contributed by atoms with Crippen molar-refractivity contribution in [1.82, 2.24) is 14.5 Å². The zero-order chi connectivity index (χ0) is 24.4. The van der Waals surface area contributed by atoms with Gasteiger partial charge in [0, 0.05) is 27.4 Å². The number of benzene rings is 3. The van der Waals surface area contributed by atoms with Gasteiger partial charge < -0.3 is 0 Å². The summed E-state index contributed by atoms with van der Waals surface area (Å²) in [5.74, 6) is 1.13. The fraction of sp³-hybridized carbons (Fsp3) is 0.179. The largest absolute Gasteiger partial charge is 0.268 e. The van der Waals surface area contributed by atoms with Crippen LogP contribution in [-0.2, 0) is 5.75 Å². The van der Waals surface area contributed by atoms with Gasteiger partial charge in [-0.15, -0.1) is 11.3 Å². The molecule has 0 radical (unpaired) electrons. The van der Waals surface area contributed by atoms with Crippen molar-refractivity contribution < 1.29 is 0 Å². The van der Waals surface area contributed by atoms with Gasteiger partial charge in [0.25, 0.3) is 5.56 Å². The van der Waals surface area contributed by atoms with Gasteiger partial charge in [-0.25, -0.2) is 9.97 Å². The van der Waals surface area contributed by atoms with Crippen molar-refractivity contribution >= 4 is 45.6 Å². The summed E-state index contributed by atoms with van der Waals surface area (Å²) in [6.07, 6.45) is 2.97. The molecule has 0 aliphatic carbocycles. The number of hydrogen-bond donors (Lipinski definition) is 0. The number of thiazole rings is 1. The molecular formula is C28H24ClN3OS2. The van der Waals surface area contributed by atoms with E-state index in [1.807, 2.05) is 36.5 Å². The van der Waals surface area contributed by atoms with Gasteiger partial charge in [0.2, 0.25) is 0 Å². The van der Waals surface area contributed by atoms with Crippen molar-refractivity contribution in [3.8, 4) is 16.3 Å². The predicted molar refractivity (Wildman–Crippen MR) is 148 cm³/mol. The van der Waals surface area contributed by atoms with Crippen LogP contribution in [0.2, 0.25) is 5.02 Å². The second-order valence-corrected chi connectivity index (χ2v) is 10.9. The van der Waals surface area contributed by atoms with Gasteiger partial charge in [-0.05, 0) is 48.2 Å². The first-order chi connectivity index (χ1) is 17.0. The summed E-state index contributed by atoms with van der Waals surface area (Å²) in [6.45, 7) is 4.39. The minimum atomic E-state index is -0.0975. The molecule has 0 amide bonds. The lowest BCUT2D eigenvalue weighted by Crippen LogP contribution is -2.21. The third-order valence-corrected chi connectivity index (χ3v) is 8.50. The molecule has 0 N–H and O–H groups in total. The molecule has 1 unspecified atom stereocenters. The van der Waals surface area contributed by atoms with E-state index in [1.165, 1.54) is 17.3 Å². The first-order valence-corrected chi connectivity index (χ1v) is 13.7. The van der Waals surface area contributed by atoms with Gasteiger partial charge in [-0.1, -0.05) is 79.7 Å². The maximum Gasteiger partial charge on any atom is 0.266 e. The highest BCUT2D eigenvalue weighted by Crippen LogP contribution is 2.31. The predicted octanol–water partition coefficient (Wildman–Crippen LogP) is 7.97. The third kappa shape index (κ3) is 5.06. The number of thioether (sulfide) groups is 1. The molecule has 0 saturated carbocycles. The van der Waals surface area contributed by atoms with E-state index in [-0.39, 0.29) is 5.56 Å². The maximum absolute atomic E-state index is 13.6. The van der Waals surface area contributed by atoms with Gasteiger partial charge in [0.05, 0.1) is 16.6 Å². The number of aromatic nitrogens is 3. The van der Waals surface area contributed by atoms with Crippen LogP contribution in [-0.4, -0.2) is 14.5 Å². The number of hydrogen-bond acceptors (Lipinski definition) is 5. The number of fused-ring (bicyclic) bond motifs is 1. The molecule has 7 heteroatoms. The monoisotopic (exact) mass is 517 g/mol. The molecule has 0 aliphatic rings. The highest BCUT2D eigenvalue weighted by Gasteiger charge is 2.15. The first-order valence-electron chi connectivity index (χ1n) is 11.5. The van der Waals surface area contributed by atoms with Crippen molar-refractivity contribution in [3.05, 3.63) is 105 Å². The normalized spacial score (nSPS) is 12.2. The summed E-state index contributed by atoms with van der Waals surface area (Å²) >= 11 is 9.40. The SMILES string of the molecule is CCC(C)c1ccc(-n2c(SCc3cnc(-c4ccccc4)s3)nc3cc(Cl)ccc3c2=O)cc1. The Bertz CT molecular complexity index is 1530. The zero-order valence-electron chi connectivity index (χ0n) is 19.4. The Morgan fingerprint density at radius 2 is 1.83 bits per heavy atom. The fourth-order valence-corrected chi connectivity index (χ4v) is 5.99. The highest BCUT2D eigenvalue weighted by atomic mass is 35.5. The van der Waals surface area contributed by atoms with Gasteiger partial charge in [0.15, 0.2) is 5.16 Å². The summed E-state index contributed by atoms with van der Waals surface area (Å²) in [7, 11) is 0. The molecule has 0 fully saturated rings. The molecule has 0 bridgehead atoms. The van der Waals surface area contributed by atoms with Gasteiger partial charge in [0.1, 0.15) is 5.01 Å². The van der Waals surface area contributed by atoms with Crippen LogP contribution in [0.15, 0.2) is 88.9 Å². The summed E-state index contributed by atoms with van der Waals surface area (Å²) in [5.41, 5.74) is 3.68. The van der Waals surface area contributed by atoms with Crippen molar-refractivity contribution in [2.24, 2.45) is 0 Å². The van der Waals surface area contributed by atoms with Crippen molar-refractivity contribution in [1.29, 1.82) is 0 Å². The minimum Gasteiger partial charge on any atom is -0.268 e. The first kappa shape index (κ1) is 23.8. The van der Waals surface area contributed by atoms with Crippen LogP contribution in [0, 0.1) is 0 Å². The van der Waals surface area contributed by atoms with Crippen molar-refractivity contribution in [2.45, 2.75) is 37.1 Å². The topological polar surface area (TPSA) is 47.8 Å². The molecule has 176 valence electrons. The Labute approximate surface area is 217 Å². The Hall–Kier alpha value is -2.93. The van der Waals surface area contributed by atoms with E-state index in [2.05, 4.69) is 43.1 Å². The quantitative estimate of drug-likeness (QED) is 0.162. The maximum atomic E-state index is 13.6. The molecule has 0 aliphatic heterocycles. The Morgan fingerprint density at radius 3 is 2.57 bits per heavy atom. The zero-order valence-corrected chi connectivity index (χ0v) is 21.8. The van der Waals surface area contributed by atoms with E-state index in [1.54, 1.807) is 34.1 Å². The average molecular weight is 518 g/mol. The fourth-order valence-electron chi connectivity index (χ4n) is 3.87. The van der Waals surface area contributed by atoms with Crippen molar-refractivity contribution in [2.75, 3.05) is 0 Å². The molecule has 1 atom stereocenters. The van der Waals surface area contributed by atoms with Gasteiger partial charge >= 0.3 is 0 Å². The van der Waals surface area contributed by atoms with E-state index < -0.39 is 0 Å². The number of rotatable bonds is 7. The Morgan fingerprint density at radius 1 is 1.06 bits per heavy atom. The van der Waals surface area contributed by atoms with E-state index >= 15 is 0 Å². The number of nitrogens with zero attached hydrogens (tertiary/aromatic N) is 3. The summed E-state index contributed by atoms with van der Waals surface area (Å²) < 4.78 is 1.71. The lowest BCUT2D eigenvalue weighted by molar-refractivity contribution is 0.732. The van der Waals surface area contributed by atoms with Crippen LogP contribution in [0.25, 0.3) is 27.2 Å². The van der Waals surface area contributed by atoms with Crippen LogP contribution in [0.1, 0.15) is 36.6 Å². The molecule has 3 aromatic carbocycles. The lowest BCUT2D eigenvalue weighted by atomic mass is 9.98. The van der Waals surface area contributed by atoms with E-state index in [9.17, 15) is 4.79 Å². The van der Waals surface area contributed by atoms with Crippen LogP contribution in [0.4, 0.5) is 0 Å².